The summed E-state index contributed by atoms with van der Waals surface area (Å²) in [7, 11) is 0. The first-order chi connectivity index (χ1) is 9.38. The number of rotatable bonds is 7. The van der Waals surface area contributed by atoms with Crippen molar-refractivity contribution < 1.29 is 9.53 Å². The molecule has 0 aliphatic carbocycles. The molecule has 0 bridgehead atoms. The van der Waals surface area contributed by atoms with Crippen LogP contribution in [0.5, 0.6) is 5.75 Å². The monoisotopic (exact) mass is 334 g/mol. The van der Waals surface area contributed by atoms with Crippen molar-refractivity contribution in [3.8, 4) is 5.75 Å². The van der Waals surface area contributed by atoms with Crippen molar-refractivity contribution in [2.75, 3.05) is 6.54 Å². The number of amides is 1. The van der Waals surface area contributed by atoms with Gasteiger partial charge < -0.3 is 15.8 Å². The van der Waals surface area contributed by atoms with Gasteiger partial charge in [-0.25, -0.2) is 0 Å². The van der Waals surface area contributed by atoms with Crippen molar-refractivity contribution >= 4 is 29.9 Å². The van der Waals surface area contributed by atoms with Crippen LogP contribution in [0.25, 0.3) is 0 Å². The van der Waals surface area contributed by atoms with Gasteiger partial charge in [0.15, 0.2) is 0 Å². The van der Waals surface area contributed by atoms with Gasteiger partial charge in [0, 0.05) is 5.02 Å². The Balaban J connectivity index is 0.00000400. The maximum absolute atomic E-state index is 11.8. The third kappa shape index (κ3) is 8.15. The van der Waals surface area contributed by atoms with Crippen LogP contribution < -0.4 is 15.8 Å². The molecule has 0 aromatic heterocycles. The molecule has 4 nitrogen and oxygen atoms in total. The second-order valence-corrected chi connectivity index (χ2v) is 5.80. The Labute approximate surface area is 137 Å². The maximum atomic E-state index is 11.8. The molecular formula is C15H24Cl2N2O2. The summed E-state index contributed by atoms with van der Waals surface area (Å²) in [6, 6.07) is 6.66. The van der Waals surface area contributed by atoms with Crippen LogP contribution >= 0.6 is 24.0 Å². The van der Waals surface area contributed by atoms with E-state index in [9.17, 15) is 4.79 Å². The lowest BCUT2D eigenvalue weighted by Crippen LogP contribution is -2.44. The standard InChI is InChI=1S/C15H23ClN2O2.ClH/c1-10(2)8-14(17)15(19)18-9-11(3)20-13-6-4-12(16)5-7-13;/h4-7,10-11,14H,8-9,17H2,1-3H3,(H,18,19);1H/t11?,14-;/m0./s1. The van der Waals surface area contributed by atoms with Gasteiger partial charge in [0.05, 0.1) is 12.6 Å². The van der Waals surface area contributed by atoms with E-state index in [1.807, 2.05) is 20.8 Å². The van der Waals surface area contributed by atoms with Crippen molar-refractivity contribution in [3.05, 3.63) is 29.3 Å². The molecule has 6 heteroatoms. The zero-order valence-corrected chi connectivity index (χ0v) is 14.2. The Morgan fingerprint density at radius 3 is 2.38 bits per heavy atom. The van der Waals surface area contributed by atoms with Gasteiger partial charge in [-0.15, -0.1) is 12.4 Å². The number of carbonyl (C=O) groups excluding carboxylic acids is 1. The molecule has 0 spiro atoms. The van der Waals surface area contributed by atoms with Crippen molar-refractivity contribution in [3.63, 3.8) is 0 Å². The minimum absolute atomic E-state index is 0. The lowest BCUT2D eigenvalue weighted by Gasteiger charge is -2.18. The van der Waals surface area contributed by atoms with E-state index in [0.29, 0.717) is 23.9 Å². The summed E-state index contributed by atoms with van der Waals surface area (Å²) < 4.78 is 5.67. The molecule has 0 aliphatic rings. The summed E-state index contributed by atoms with van der Waals surface area (Å²) in [5.74, 6) is 0.992. The van der Waals surface area contributed by atoms with Crippen LogP contribution in [0.4, 0.5) is 0 Å². The second kappa shape index (κ2) is 9.87. The minimum atomic E-state index is -0.460. The van der Waals surface area contributed by atoms with Crippen LogP contribution in [-0.2, 0) is 4.79 Å². The summed E-state index contributed by atoms with van der Waals surface area (Å²) in [4.78, 5) is 11.8. The smallest absolute Gasteiger partial charge is 0.237 e. The number of hydrogen-bond donors (Lipinski definition) is 2. The first-order valence-electron chi connectivity index (χ1n) is 6.84. The second-order valence-electron chi connectivity index (χ2n) is 5.36. The normalized spacial score (nSPS) is 13.2. The van der Waals surface area contributed by atoms with Gasteiger partial charge >= 0.3 is 0 Å². The quantitative estimate of drug-likeness (QED) is 0.805. The number of ether oxygens (including phenoxy) is 1. The zero-order chi connectivity index (χ0) is 15.1. The maximum Gasteiger partial charge on any atom is 0.237 e. The minimum Gasteiger partial charge on any atom is -0.489 e. The first kappa shape index (κ1) is 20.0. The number of hydrogen-bond acceptors (Lipinski definition) is 3. The molecule has 21 heavy (non-hydrogen) atoms. The number of benzene rings is 1. The largest absolute Gasteiger partial charge is 0.489 e. The topological polar surface area (TPSA) is 64.4 Å². The van der Waals surface area contributed by atoms with Gasteiger partial charge in [-0.3, -0.25) is 4.79 Å². The molecular weight excluding hydrogens is 311 g/mol. The summed E-state index contributed by atoms with van der Waals surface area (Å²) in [5.41, 5.74) is 5.81. The molecule has 1 rings (SSSR count). The van der Waals surface area contributed by atoms with E-state index in [1.54, 1.807) is 24.3 Å². The predicted molar refractivity (Wildman–Crippen MR) is 89.2 cm³/mol. The van der Waals surface area contributed by atoms with Crippen LogP contribution in [0, 0.1) is 5.92 Å². The predicted octanol–water partition coefficient (Wildman–Crippen LogP) is 3.02. The van der Waals surface area contributed by atoms with E-state index in [-0.39, 0.29) is 24.4 Å². The molecule has 0 fully saturated rings. The lowest BCUT2D eigenvalue weighted by molar-refractivity contribution is -0.123. The third-order valence-electron chi connectivity index (χ3n) is 2.78. The fourth-order valence-electron chi connectivity index (χ4n) is 1.78. The molecule has 1 amide bonds. The van der Waals surface area contributed by atoms with Crippen LogP contribution in [-0.4, -0.2) is 24.6 Å². The van der Waals surface area contributed by atoms with Crippen molar-refractivity contribution in [1.29, 1.82) is 0 Å². The summed E-state index contributed by atoms with van der Waals surface area (Å²) >= 11 is 5.80. The van der Waals surface area contributed by atoms with Crippen molar-refractivity contribution in [1.82, 2.24) is 5.32 Å². The first-order valence-corrected chi connectivity index (χ1v) is 7.21. The molecule has 0 saturated carbocycles. The average molecular weight is 335 g/mol. The Kier molecular flexibility index (Phi) is 9.42. The Hall–Kier alpha value is -0.970. The molecule has 0 saturated heterocycles. The number of halogens is 2. The Morgan fingerprint density at radius 2 is 1.86 bits per heavy atom. The van der Waals surface area contributed by atoms with Crippen LogP contribution in [0.2, 0.25) is 5.02 Å². The van der Waals surface area contributed by atoms with Gasteiger partial charge in [0.2, 0.25) is 5.91 Å². The molecule has 0 aliphatic heterocycles. The molecule has 1 unspecified atom stereocenters. The van der Waals surface area contributed by atoms with E-state index < -0.39 is 6.04 Å². The van der Waals surface area contributed by atoms with Gasteiger partial charge in [-0.2, -0.15) is 0 Å². The lowest BCUT2D eigenvalue weighted by atomic mass is 10.0. The fraction of sp³-hybridized carbons (Fsp3) is 0.533. The van der Waals surface area contributed by atoms with E-state index in [2.05, 4.69) is 5.32 Å². The number of nitrogens with two attached hydrogens (primary N) is 1. The van der Waals surface area contributed by atoms with E-state index >= 15 is 0 Å². The molecule has 1 aromatic rings. The summed E-state index contributed by atoms with van der Waals surface area (Å²) in [5, 5.41) is 3.47. The highest BCUT2D eigenvalue weighted by Crippen LogP contribution is 2.16. The molecule has 0 heterocycles. The summed E-state index contributed by atoms with van der Waals surface area (Å²) in [6.07, 6.45) is 0.546. The van der Waals surface area contributed by atoms with Gasteiger partial charge in [0.1, 0.15) is 11.9 Å². The van der Waals surface area contributed by atoms with Crippen molar-refractivity contribution in [2.24, 2.45) is 11.7 Å². The highest BCUT2D eigenvalue weighted by atomic mass is 35.5. The molecule has 0 radical (unpaired) electrons. The van der Waals surface area contributed by atoms with Gasteiger partial charge in [0.25, 0.3) is 0 Å². The molecule has 2 atom stereocenters. The average Bonchev–Trinajstić information content (AvgIpc) is 2.38. The van der Waals surface area contributed by atoms with Crippen LogP contribution in [0.3, 0.4) is 0 Å². The van der Waals surface area contributed by atoms with Gasteiger partial charge in [-0.1, -0.05) is 25.4 Å². The fourth-order valence-corrected chi connectivity index (χ4v) is 1.90. The molecule has 1 aromatic carbocycles. The highest BCUT2D eigenvalue weighted by molar-refractivity contribution is 6.30. The van der Waals surface area contributed by atoms with Crippen molar-refractivity contribution in [2.45, 2.75) is 39.3 Å². The molecule has 3 N–H and O–H groups in total. The number of carbonyl (C=O) groups is 1. The Bertz CT molecular complexity index is 424. The SMILES string of the molecule is CC(C)C[C@H](N)C(=O)NCC(C)Oc1ccc(Cl)cc1.Cl. The molecule has 120 valence electrons. The summed E-state index contributed by atoms with van der Waals surface area (Å²) in [6.45, 7) is 6.40. The Morgan fingerprint density at radius 1 is 1.29 bits per heavy atom. The van der Waals surface area contributed by atoms with E-state index in [0.717, 1.165) is 5.75 Å². The van der Waals surface area contributed by atoms with Crippen LogP contribution in [0.15, 0.2) is 24.3 Å². The van der Waals surface area contributed by atoms with Gasteiger partial charge in [-0.05, 0) is 43.5 Å². The highest BCUT2D eigenvalue weighted by Gasteiger charge is 2.15. The van der Waals surface area contributed by atoms with E-state index in [1.165, 1.54) is 0 Å². The zero-order valence-electron chi connectivity index (χ0n) is 12.6. The van der Waals surface area contributed by atoms with Crippen LogP contribution in [0.1, 0.15) is 27.2 Å². The third-order valence-corrected chi connectivity index (χ3v) is 3.03. The van der Waals surface area contributed by atoms with E-state index in [4.69, 9.17) is 22.1 Å². The number of nitrogens with one attached hydrogen (secondary N) is 1.